The minimum atomic E-state index is -0.472. The van der Waals surface area contributed by atoms with E-state index < -0.39 is 11.5 Å². The summed E-state index contributed by atoms with van der Waals surface area (Å²) in [6.45, 7) is 0. The van der Waals surface area contributed by atoms with Gasteiger partial charge in [0.05, 0.1) is 11.8 Å². The van der Waals surface area contributed by atoms with Crippen molar-refractivity contribution in [1.82, 2.24) is 20.4 Å². The van der Waals surface area contributed by atoms with E-state index in [9.17, 15) is 14.4 Å². The van der Waals surface area contributed by atoms with Crippen LogP contribution in [0.5, 0.6) is 0 Å². The monoisotopic (exact) mass is 649 g/mol. The Balaban J connectivity index is 0.000000160. The smallest absolute Gasteiger partial charge is 0.365 e. The lowest BCUT2D eigenvalue weighted by Gasteiger charge is -2.14. The normalized spacial score (nSPS) is 12.8. The minimum absolute atomic E-state index is 0.0430. The van der Waals surface area contributed by atoms with Crippen molar-refractivity contribution in [3.05, 3.63) is 143 Å². The molecule has 242 valence electrons. The third-order valence-corrected chi connectivity index (χ3v) is 8.34. The highest BCUT2D eigenvalue weighted by Gasteiger charge is 2.20. The molecule has 0 atom stereocenters. The van der Waals surface area contributed by atoms with Crippen LogP contribution in [0.15, 0.2) is 131 Å². The number of nitrogens with one attached hydrogen (secondary N) is 2. The molecule has 2 N–H and O–H groups in total. The second-order valence-corrected chi connectivity index (χ2v) is 11.5. The number of rotatable bonds is 6. The molecule has 3 aromatic heterocycles. The number of carbonyl (C=O) groups excluding carboxylic acids is 2. The minimum Gasteiger partial charge on any atom is -0.402 e. The highest BCUT2D eigenvalue weighted by molar-refractivity contribution is 6.14. The molecule has 3 heterocycles. The molecule has 10 nitrogen and oxygen atoms in total. The fraction of sp³-hybridized carbons (Fsp3) is 0.128. The first-order valence-corrected chi connectivity index (χ1v) is 16.0. The average molecular weight is 650 g/mol. The third kappa shape index (κ3) is 6.90. The fourth-order valence-corrected chi connectivity index (χ4v) is 5.93. The number of anilines is 1. The molecule has 0 saturated heterocycles. The van der Waals surface area contributed by atoms with E-state index in [1.165, 1.54) is 6.20 Å². The van der Waals surface area contributed by atoms with E-state index in [4.69, 9.17) is 9.25 Å². The summed E-state index contributed by atoms with van der Waals surface area (Å²) in [5.41, 5.74) is 4.59. The lowest BCUT2D eigenvalue weighted by molar-refractivity contribution is -0.0127. The summed E-state index contributed by atoms with van der Waals surface area (Å²) in [6.07, 6.45) is 7.20. The largest absolute Gasteiger partial charge is 0.402 e. The number of hydroxylamine groups is 1. The fourth-order valence-electron chi connectivity index (χ4n) is 5.93. The second kappa shape index (κ2) is 14.2. The molecule has 2 amide bonds. The van der Waals surface area contributed by atoms with Gasteiger partial charge in [-0.3, -0.25) is 14.4 Å². The Hall–Kier alpha value is -6.26. The number of amides is 2. The SMILES string of the molecule is O=C(NOC1CCCC1)c1ncccc1NC(=O)c1cccc2ccccc12.O=c1oc(-c2cccc3ccccc23)nc2cccnc12. The zero-order valence-corrected chi connectivity index (χ0v) is 26.3. The summed E-state index contributed by atoms with van der Waals surface area (Å²) in [5, 5.41) is 6.71. The van der Waals surface area contributed by atoms with Crippen LogP contribution in [-0.4, -0.2) is 32.9 Å². The first-order chi connectivity index (χ1) is 24.0. The van der Waals surface area contributed by atoms with Gasteiger partial charge < -0.3 is 9.73 Å². The summed E-state index contributed by atoms with van der Waals surface area (Å²) >= 11 is 0. The van der Waals surface area contributed by atoms with E-state index in [2.05, 4.69) is 25.7 Å². The van der Waals surface area contributed by atoms with Crippen molar-refractivity contribution in [2.45, 2.75) is 31.8 Å². The summed E-state index contributed by atoms with van der Waals surface area (Å²) in [5.74, 6) is -0.450. The topological polar surface area (TPSA) is 136 Å². The van der Waals surface area contributed by atoms with Crippen molar-refractivity contribution in [2.75, 3.05) is 5.32 Å². The van der Waals surface area contributed by atoms with E-state index in [0.29, 0.717) is 22.7 Å². The molecule has 1 fully saturated rings. The van der Waals surface area contributed by atoms with Crippen LogP contribution in [0.25, 0.3) is 44.0 Å². The molecular formula is C39H31N5O5. The average Bonchev–Trinajstić information content (AvgIpc) is 3.68. The van der Waals surface area contributed by atoms with Gasteiger partial charge in [0.2, 0.25) is 5.89 Å². The number of nitrogens with zero attached hydrogens (tertiary/aromatic N) is 3. The molecular weight excluding hydrogens is 618 g/mol. The van der Waals surface area contributed by atoms with Crippen LogP contribution < -0.4 is 16.4 Å². The van der Waals surface area contributed by atoms with Crippen LogP contribution in [0.2, 0.25) is 0 Å². The summed E-state index contributed by atoms with van der Waals surface area (Å²) in [4.78, 5) is 55.4. The Labute approximate surface area is 280 Å². The van der Waals surface area contributed by atoms with Crippen molar-refractivity contribution in [2.24, 2.45) is 0 Å². The van der Waals surface area contributed by atoms with Gasteiger partial charge in [-0.15, -0.1) is 0 Å². The molecule has 1 saturated carbocycles. The zero-order valence-electron chi connectivity index (χ0n) is 26.3. The molecule has 1 aliphatic rings. The van der Waals surface area contributed by atoms with Crippen molar-refractivity contribution >= 4 is 50.1 Å². The zero-order chi connectivity index (χ0) is 33.6. The summed E-state index contributed by atoms with van der Waals surface area (Å²) in [7, 11) is 0. The molecule has 0 spiro atoms. The van der Waals surface area contributed by atoms with Gasteiger partial charge in [0.15, 0.2) is 11.2 Å². The standard InChI is InChI=1S/C22H21N3O3.C17H10N2O2/c26-21(18-12-5-8-15-7-1-4-11-17(15)18)24-19-13-6-14-23-20(19)22(27)25-28-16-9-2-3-10-16;20-17-15-14(9-4-10-18-15)19-16(21-17)13-8-3-6-11-5-1-2-7-12(11)13/h1,4-8,11-14,16H,2-3,9-10H2,(H,24,26)(H,25,27);1-10H. The number of benzene rings is 4. The Bertz CT molecular complexity index is 2360. The van der Waals surface area contributed by atoms with Crippen LogP contribution in [0.3, 0.4) is 0 Å². The third-order valence-electron chi connectivity index (χ3n) is 8.34. The lowest BCUT2D eigenvalue weighted by Crippen LogP contribution is -2.30. The second-order valence-electron chi connectivity index (χ2n) is 11.5. The van der Waals surface area contributed by atoms with Crippen molar-refractivity contribution < 1.29 is 18.8 Å². The van der Waals surface area contributed by atoms with Gasteiger partial charge in [0, 0.05) is 23.5 Å². The van der Waals surface area contributed by atoms with Gasteiger partial charge >= 0.3 is 5.63 Å². The first-order valence-electron chi connectivity index (χ1n) is 16.0. The Kier molecular flexibility index (Phi) is 9.11. The maximum atomic E-state index is 12.9. The molecule has 4 aromatic carbocycles. The van der Waals surface area contributed by atoms with Gasteiger partial charge in [-0.2, -0.15) is 0 Å². The molecule has 0 bridgehead atoms. The molecule has 10 heteroatoms. The van der Waals surface area contributed by atoms with Gasteiger partial charge in [-0.1, -0.05) is 85.6 Å². The van der Waals surface area contributed by atoms with E-state index in [0.717, 1.165) is 52.8 Å². The van der Waals surface area contributed by atoms with Crippen molar-refractivity contribution in [1.29, 1.82) is 0 Å². The Morgan fingerprint density at radius 1 is 0.714 bits per heavy atom. The molecule has 8 rings (SSSR count). The maximum absolute atomic E-state index is 12.9. The van der Waals surface area contributed by atoms with Crippen LogP contribution in [0, 0.1) is 0 Å². The molecule has 49 heavy (non-hydrogen) atoms. The number of hydrogen-bond acceptors (Lipinski definition) is 8. The quantitative estimate of drug-likeness (QED) is 0.177. The Morgan fingerprint density at radius 3 is 2.20 bits per heavy atom. The van der Waals surface area contributed by atoms with E-state index in [-0.39, 0.29) is 23.2 Å². The lowest BCUT2D eigenvalue weighted by atomic mass is 10.0. The predicted octanol–water partition coefficient (Wildman–Crippen LogP) is 7.49. The van der Waals surface area contributed by atoms with Crippen molar-refractivity contribution in [3.63, 3.8) is 0 Å². The van der Waals surface area contributed by atoms with Gasteiger partial charge in [0.1, 0.15) is 5.52 Å². The van der Waals surface area contributed by atoms with E-state index >= 15 is 0 Å². The highest BCUT2D eigenvalue weighted by Crippen LogP contribution is 2.27. The van der Waals surface area contributed by atoms with E-state index in [1.807, 2.05) is 78.9 Å². The molecule has 0 aliphatic heterocycles. The van der Waals surface area contributed by atoms with Gasteiger partial charge in [0.25, 0.3) is 11.8 Å². The van der Waals surface area contributed by atoms with E-state index in [1.54, 1.807) is 36.5 Å². The van der Waals surface area contributed by atoms with Crippen LogP contribution in [0.4, 0.5) is 5.69 Å². The summed E-state index contributed by atoms with van der Waals surface area (Å²) < 4.78 is 5.36. The maximum Gasteiger partial charge on any atom is 0.365 e. The number of aromatic nitrogens is 3. The predicted molar refractivity (Wildman–Crippen MR) is 188 cm³/mol. The Morgan fingerprint density at radius 2 is 1.39 bits per heavy atom. The molecule has 1 aliphatic carbocycles. The van der Waals surface area contributed by atoms with Gasteiger partial charge in [-0.05, 0) is 70.8 Å². The summed E-state index contributed by atoms with van der Waals surface area (Å²) in [6, 6.07) is 33.8. The first kappa shape index (κ1) is 31.3. The number of pyridine rings is 2. The molecule has 0 unspecified atom stereocenters. The van der Waals surface area contributed by atoms with Crippen LogP contribution in [-0.2, 0) is 4.84 Å². The van der Waals surface area contributed by atoms with Crippen LogP contribution in [0.1, 0.15) is 46.5 Å². The number of carbonyl (C=O) groups is 2. The van der Waals surface area contributed by atoms with Gasteiger partial charge in [-0.25, -0.2) is 25.2 Å². The highest BCUT2D eigenvalue weighted by atomic mass is 16.7. The number of fused-ring (bicyclic) bond motifs is 3. The molecule has 7 aromatic rings. The number of hydrogen-bond donors (Lipinski definition) is 2. The van der Waals surface area contributed by atoms with Crippen molar-refractivity contribution in [3.8, 4) is 11.5 Å². The van der Waals surface area contributed by atoms with Crippen LogP contribution >= 0.6 is 0 Å². The molecule has 0 radical (unpaired) electrons.